The number of nitrogens with two attached hydrogens (primary N) is 1. The molecular formula is C25H33N5O2. The van der Waals surface area contributed by atoms with Gasteiger partial charge < -0.3 is 21.3 Å². The summed E-state index contributed by atoms with van der Waals surface area (Å²) in [5.74, 6) is 0.772. The highest BCUT2D eigenvalue weighted by Crippen LogP contribution is 2.22. The number of piperidine rings is 1. The van der Waals surface area contributed by atoms with Gasteiger partial charge in [0.2, 0.25) is 5.91 Å². The van der Waals surface area contributed by atoms with Gasteiger partial charge in [-0.1, -0.05) is 42.5 Å². The van der Waals surface area contributed by atoms with Crippen LogP contribution in [0.5, 0.6) is 0 Å². The maximum Gasteiger partial charge on any atom is 0.251 e. The lowest BCUT2D eigenvalue weighted by Crippen LogP contribution is -2.45. The molecule has 4 N–H and O–H groups in total. The third kappa shape index (κ3) is 7.11. The summed E-state index contributed by atoms with van der Waals surface area (Å²) in [7, 11) is 0. The minimum atomic E-state index is -0.565. The normalized spacial score (nSPS) is 14.8. The number of primary amides is 1. The Hall–Kier alpha value is -3.35. The molecule has 2 aromatic rings. The number of aliphatic imine (C=N–C) groups is 1. The molecule has 3 rings (SSSR count). The van der Waals surface area contributed by atoms with E-state index < -0.39 is 5.91 Å². The second kappa shape index (κ2) is 11.9. The van der Waals surface area contributed by atoms with Gasteiger partial charge in [0.05, 0.1) is 13.1 Å². The van der Waals surface area contributed by atoms with Crippen molar-refractivity contribution in [2.75, 3.05) is 26.2 Å². The van der Waals surface area contributed by atoms with E-state index in [9.17, 15) is 9.59 Å². The minimum absolute atomic E-state index is 0.168. The van der Waals surface area contributed by atoms with Crippen LogP contribution in [0.25, 0.3) is 0 Å². The lowest BCUT2D eigenvalue weighted by Gasteiger charge is -2.34. The molecule has 32 heavy (non-hydrogen) atoms. The molecule has 1 saturated heterocycles. The molecule has 2 amide bonds. The summed E-state index contributed by atoms with van der Waals surface area (Å²) >= 11 is 0. The zero-order valence-electron chi connectivity index (χ0n) is 18.7. The second-order valence-electron chi connectivity index (χ2n) is 8.14. The molecular weight excluding hydrogens is 402 g/mol. The van der Waals surface area contributed by atoms with E-state index in [1.807, 2.05) is 12.1 Å². The van der Waals surface area contributed by atoms with Crippen LogP contribution in [0.2, 0.25) is 0 Å². The number of amides is 2. The molecule has 1 aliphatic heterocycles. The summed E-state index contributed by atoms with van der Waals surface area (Å²) in [4.78, 5) is 30.0. The lowest BCUT2D eigenvalue weighted by atomic mass is 9.90. The van der Waals surface area contributed by atoms with Crippen molar-refractivity contribution in [2.24, 2.45) is 16.6 Å². The number of nitrogens with one attached hydrogen (secondary N) is 2. The van der Waals surface area contributed by atoms with Gasteiger partial charge >= 0.3 is 0 Å². The van der Waals surface area contributed by atoms with Gasteiger partial charge in [0.25, 0.3) is 5.91 Å². The fourth-order valence-electron chi connectivity index (χ4n) is 3.92. The van der Waals surface area contributed by atoms with Crippen LogP contribution in [0.3, 0.4) is 0 Å². The first kappa shape index (κ1) is 23.3. The lowest BCUT2D eigenvalue weighted by molar-refractivity contribution is -0.117. The average molecular weight is 436 g/mol. The van der Waals surface area contributed by atoms with Gasteiger partial charge in [-0.15, -0.1) is 0 Å². The molecule has 2 aromatic carbocycles. The Labute approximate surface area is 190 Å². The second-order valence-corrected chi connectivity index (χ2v) is 8.14. The zero-order valence-corrected chi connectivity index (χ0v) is 18.7. The Kier molecular flexibility index (Phi) is 8.66. The van der Waals surface area contributed by atoms with Gasteiger partial charge in [-0.25, -0.2) is 4.99 Å². The SMILES string of the molecule is CCNC(=NCc1ccc(C(=O)NCC(N)=O)cc1)N1CCC(Cc2ccccc2)CC1. The summed E-state index contributed by atoms with van der Waals surface area (Å²) in [6.07, 6.45) is 3.46. The monoisotopic (exact) mass is 435 g/mol. The quantitative estimate of drug-likeness (QED) is 0.438. The predicted octanol–water partition coefficient (Wildman–Crippen LogP) is 2.32. The first-order chi connectivity index (χ1) is 15.5. The maximum absolute atomic E-state index is 12.0. The summed E-state index contributed by atoms with van der Waals surface area (Å²) in [6, 6.07) is 18.0. The number of carbonyl (C=O) groups is 2. The van der Waals surface area contributed by atoms with Crippen LogP contribution in [0, 0.1) is 5.92 Å². The molecule has 0 radical (unpaired) electrons. The van der Waals surface area contributed by atoms with Crippen molar-refractivity contribution >= 4 is 17.8 Å². The molecule has 1 fully saturated rings. The molecule has 1 heterocycles. The van der Waals surface area contributed by atoms with Gasteiger partial charge in [0.15, 0.2) is 5.96 Å². The molecule has 0 saturated carbocycles. The number of hydrogen-bond acceptors (Lipinski definition) is 3. The van der Waals surface area contributed by atoms with E-state index >= 15 is 0 Å². The van der Waals surface area contributed by atoms with Crippen LogP contribution >= 0.6 is 0 Å². The Morgan fingerprint density at radius 2 is 1.69 bits per heavy atom. The fraction of sp³-hybridized carbons (Fsp3) is 0.400. The van der Waals surface area contributed by atoms with Gasteiger partial charge in [0.1, 0.15) is 0 Å². The Morgan fingerprint density at radius 3 is 2.31 bits per heavy atom. The molecule has 0 unspecified atom stereocenters. The summed E-state index contributed by atoms with van der Waals surface area (Å²) in [6.45, 7) is 5.28. The number of likely N-dealkylation sites (tertiary alicyclic amines) is 1. The number of benzene rings is 2. The smallest absolute Gasteiger partial charge is 0.251 e. The Bertz CT molecular complexity index is 904. The number of guanidine groups is 1. The zero-order chi connectivity index (χ0) is 22.8. The van der Waals surface area contributed by atoms with Crippen molar-refractivity contribution in [3.8, 4) is 0 Å². The van der Waals surface area contributed by atoms with Gasteiger partial charge in [-0.3, -0.25) is 9.59 Å². The van der Waals surface area contributed by atoms with E-state index in [1.165, 1.54) is 5.56 Å². The number of carbonyl (C=O) groups excluding carboxylic acids is 2. The highest BCUT2D eigenvalue weighted by molar-refractivity contribution is 5.96. The van der Waals surface area contributed by atoms with E-state index in [2.05, 4.69) is 52.8 Å². The van der Waals surface area contributed by atoms with Crippen LogP contribution in [0.15, 0.2) is 59.6 Å². The molecule has 0 aliphatic carbocycles. The number of hydrogen-bond donors (Lipinski definition) is 3. The van der Waals surface area contributed by atoms with Crippen LogP contribution in [0.1, 0.15) is 41.3 Å². The summed E-state index contributed by atoms with van der Waals surface area (Å²) < 4.78 is 0. The molecule has 170 valence electrons. The van der Waals surface area contributed by atoms with Crippen LogP contribution in [-0.4, -0.2) is 48.9 Å². The van der Waals surface area contributed by atoms with Gasteiger partial charge in [0, 0.05) is 25.2 Å². The first-order valence-corrected chi connectivity index (χ1v) is 11.3. The number of rotatable bonds is 8. The first-order valence-electron chi connectivity index (χ1n) is 11.3. The molecule has 1 aliphatic rings. The van der Waals surface area contributed by atoms with E-state index in [-0.39, 0.29) is 12.5 Å². The highest BCUT2D eigenvalue weighted by Gasteiger charge is 2.21. The van der Waals surface area contributed by atoms with E-state index in [4.69, 9.17) is 10.7 Å². The van der Waals surface area contributed by atoms with E-state index in [0.29, 0.717) is 18.0 Å². The third-order valence-electron chi connectivity index (χ3n) is 5.67. The Balaban J connectivity index is 1.53. The molecule has 0 aromatic heterocycles. The van der Waals surface area contributed by atoms with E-state index in [0.717, 1.165) is 50.4 Å². The van der Waals surface area contributed by atoms with Crippen molar-refractivity contribution in [1.29, 1.82) is 0 Å². The van der Waals surface area contributed by atoms with Crippen LogP contribution in [0.4, 0.5) is 0 Å². The summed E-state index contributed by atoms with van der Waals surface area (Å²) in [5.41, 5.74) is 7.99. The van der Waals surface area contributed by atoms with Crippen LogP contribution in [-0.2, 0) is 17.8 Å². The highest BCUT2D eigenvalue weighted by atomic mass is 16.2. The topological polar surface area (TPSA) is 99.8 Å². The Morgan fingerprint density at radius 1 is 1.00 bits per heavy atom. The summed E-state index contributed by atoms with van der Waals surface area (Å²) in [5, 5.41) is 5.90. The van der Waals surface area contributed by atoms with Crippen molar-refractivity contribution < 1.29 is 9.59 Å². The molecule has 0 bridgehead atoms. The molecule has 7 nitrogen and oxygen atoms in total. The fourth-order valence-corrected chi connectivity index (χ4v) is 3.92. The van der Waals surface area contributed by atoms with Crippen molar-refractivity contribution in [1.82, 2.24) is 15.5 Å². The standard InChI is InChI=1S/C25H33N5O2/c1-2-27-25(30-14-12-20(13-15-30)16-19-6-4-3-5-7-19)29-17-21-8-10-22(11-9-21)24(32)28-18-23(26)31/h3-11,20H,2,12-18H2,1H3,(H2,26,31)(H,27,29)(H,28,32). The molecule has 0 spiro atoms. The van der Waals surface area contributed by atoms with E-state index in [1.54, 1.807) is 12.1 Å². The van der Waals surface area contributed by atoms with Crippen molar-refractivity contribution in [3.63, 3.8) is 0 Å². The van der Waals surface area contributed by atoms with Crippen molar-refractivity contribution in [3.05, 3.63) is 71.3 Å². The predicted molar refractivity (Wildman–Crippen MR) is 127 cm³/mol. The molecule has 0 atom stereocenters. The van der Waals surface area contributed by atoms with Gasteiger partial charge in [-0.2, -0.15) is 0 Å². The minimum Gasteiger partial charge on any atom is -0.368 e. The third-order valence-corrected chi connectivity index (χ3v) is 5.67. The molecule has 7 heteroatoms. The maximum atomic E-state index is 12.0. The largest absolute Gasteiger partial charge is 0.368 e. The number of nitrogens with zero attached hydrogens (tertiary/aromatic N) is 2. The van der Waals surface area contributed by atoms with Crippen LogP contribution < -0.4 is 16.4 Å². The van der Waals surface area contributed by atoms with Gasteiger partial charge in [-0.05, 0) is 55.4 Å². The average Bonchev–Trinajstić information content (AvgIpc) is 2.82. The van der Waals surface area contributed by atoms with Crippen molar-refractivity contribution in [2.45, 2.75) is 32.7 Å².